The largest absolute Gasteiger partial charge is 0.462 e. The topological polar surface area (TPSA) is 52.6 Å². The second-order valence-corrected chi connectivity index (χ2v) is 2.12. The van der Waals surface area contributed by atoms with Crippen LogP contribution in [0.5, 0.6) is 0 Å². The highest BCUT2D eigenvalue weighted by molar-refractivity contribution is 5.73. The summed E-state index contributed by atoms with van der Waals surface area (Å²) < 4.78 is 9.25. The van der Waals surface area contributed by atoms with Gasteiger partial charge in [0.1, 0.15) is 12.7 Å². The SMILES string of the molecule is CC(=O)O[C@@H]1COC(=O)C1. The summed E-state index contributed by atoms with van der Waals surface area (Å²) in [7, 11) is 0. The number of hydrogen-bond acceptors (Lipinski definition) is 4. The Bertz CT molecular complexity index is 163. The lowest BCUT2D eigenvalue weighted by molar-refractivity contribution is -0.146. The van der Waals surface area contributed by atoms with Gasteiger partial charge in [-0.2, -0.15) is 0 Å². The number of carbonyl (C=O) groups excluding carboxylic acids is 2. The van der Waals surface area contributed by atoms with Crippen LogP contribution >= 0.6 is 0 Å². The van der Waals surface area contributed by atoms with Gasteiger partial charge in [-0.1, -0.05) is 0 Å². The van der Waals surface area contributed by atoms with Gasteiger partial charge in [-0.15, -0.1) is 0 Å². The fraction of sp³-hybridized carbons (Fsp3) is 0.667. The van der Waals surface area contributed by atoms with E-state index in [1.165, 1.54) is 6.92 Å². The predicted octanol–water partition coefficient (Wildman–Crippen LogP) is -0.135. The molecule has 1 saturated heterocycles. The summed E-state index contributed by atoms with van der Waals surface area (Å²) in [6.07, 6.45) is -0.162. The highest BCUT2D eigenvalue weighted by Gasteiger charge is 2.25. The van der Waals surface area contributed by atoms with Crippen LogP contribution in [0.15, 0.2) is 0 Å². The molecule has 0 radical (unpaired) electrons. The van der Waals surface area contributed by atoms with Gasteiger partial charge in [0.05, 0.1) is 6.42 Å². The Hall–Kier alpha value is -1.06. The standard InChI is InChI=1S/C6H8O4/c1-4(7)10-5-2-6(8)9-3-5/h5H,2-3H2,1H3/t5-/m0/s1. The summed E-state index contributed by atoms with van der Waals surface area (Å²) in [5.74, 6) is -0.672. The van der Waals surface area contributed by atoms with E-state index in [4.69, 9.17) is 4.74 Å². The number of rotatable bonds is 1. The van der Waals surface area contributed by atoms with Gasteiger partial charge in [0.15, 0.2) is 0 Å². The van der Waals surface area contributed by atoms with Gasteiger partial charge < -0.3 is 9.47 Å². The van der Waals surface area contributed by atoms with E-state index in [1.54, 1.807) is 0 Å². The third kappa shape index (κ3) is 1.72. The van der Waals surface area contributed by atoms with Crippen LogP contribution in [0.25, 0.3) is 0 Å². The Kier molecular flexibility index (Phi) is 1.89. The molecule has 1 fully saturated rings. The molecule has 0 spiro atoms. The molecule has 0 bridgehead atoms. The smallest absolute Gasteiger partial charge is 0.309 e. The third-order valence-electron chi connectivity index (χ3n) is 1.16. The average molecular weight is 144 g/mol. The van der Waals surface area contributed by atoms with Gasteiger partial charge in [0, 0.05) is 6.92 Å². The van der Waals surface area contributed by atoms with Crippen molar-refractivity contribution in [3.63, 3.8) is 0 Å². The number of ether oxygens (including phenoxy) is 2. The molecule has 4 heteroatoms. The normalized spacial score (nSPS) is 24.1. The first-order chi connectivity index (χ1) is 4.68. The number of cyclic esters (lactones) is 1. The van der Waals surface area contributed by atoms with Gasteiger partial charge >= 0.3 is 11.9 Å². The van der Waals surface area contributed by atoms with Crippen LogP contribution in [-0.2, 0) is 19.1 Å². The minimum absolute atomic E-state index is 0.194. The molecule has 1 atom stereocenters. The van der Waals surface area contributed by atoms with Crippen LogP contribution in [0.4, 0.5) is 0 Å². The summed E-state index contributed by atoms with van der Waals surface area (Å²) in [4.78, 5) is 20.7. The quantitative estimate of drug-likeness (QED) is 0.481. The Morgan fingerprint density at radius 1 is 1.80 bits per heavy atom. The van der Waals surface area contributed by atoms with Crippen molar-refractivity contribution in [2.75, 3.05) is 6.61 Å². The number of carbonyl (C=O) groups is 2. The average Bonchev–Trinajstić information content (AvgIpc) is 2.13. The first-order valence-corrected chi connectivity index (χ1v) is 3.01. The van der Waals surface area contributed by atoms with Crippen molar-refractivity contribution in [2.24, 2.45) is 0 Å². The zero-order valence-electron chi connectivity index (χ0n) is 5.62. The van der Waals surface area contributed by atoms with Crippen molar-refractivity contribution in [1.29, 1.82) is 0 Å². The summed E-state index contributed by atoms with van der Waals surface area (Å²) in [6.45, 7) is 1.52. The number of esters is 2. The fourth-order valence-corrected chi connectivity index (χ4v) is 0.800. The van der Waals surface area contributed by atoms with Gasteiger partial charge in [-0.05, 0) is 0 Å². The Balaban J connectivity index is 2.31. The van der Waals surface area contributed by atoms with E-state index >= 15 is 0 Å². The second kappa shape index (κ2) is 2.68. The predicted molar refractivity (Wildman–Crippen MR) is 31.1 cm³/mol. The van der Waals surface area contributed by atoms with Crippen LogP contribution in [0.1, 0.15) is 13.3 Å². The molecule has 56 valence electrons. The Morgan fingerprint density at radius 3 is 2.90 bits per heavy atom. The van der Waals surface area contributed by atoms with Gasteiger partial charge in [-0.25, -0.2) is 0 Å². The van der Waals surface area contributed by atoms with Gasteiger partial charge in [0.2, 0.25) is 0 Å². The molecular weight excluding hydrogens is 136 g/mol. The van der Waals surface area contributed by atoms with E-state index in [-0.39, 0.29) is 31.1 Å². The molecule has 0 N–H and O–H groups in total. The molecule has 1 aliphatic heterocycles. The van der Waals surface area contributed by atoms with Crippen molar-refractivity contribution in [1.82, 2.24) is 0 Å². The van der Waals surface area contributed by atoms with E-state index in [9.17, 15) is 9.59 Å². The maximum atomic E-state index is 10.4. The fourth-order valence-electron chi connectivity index (χ4n) is 0.800. The molecule has 0 aromatic rings. The molecular formula is C6H8O4. The molecule has 0 amide bonds. The zero-order chi connectivity index (χ0) is 7.56. The molecule has 1 rings (SSSR count). The molecule has 10 heavy (non-hydrogen) atoms. The Labute approximate surface area is 58.1 Å². The van der Waals surface area contributed by atoms with E-state index in [1.807, 2.05) is 0 Å². The van der Waals surface area contributed by atoms with Crippen molar-refractivity contribution in [2.45, 2.75) is 19.4 Å². The molecule has 0 saturated carbocycles. The lowest BCUT2D eigenvalue weighted by Gasteiger charge is -2.04. The molecule has 0 aromatic carbocycles. The number of hydrogen-bond donors (Lipinski definition) is 0. The van der Waals surface area contributed by atoms with Crippen LogP contribution in [0.2, 0.25) is 0 Å². The van der Waals surface area contributed by atoms with Crippen LogP contribution in [0.3, 0.4) is 0 Å². The molecule has 1 heterocycles. The summed E-state index contributed by atoms with van der Waals surface area (Å²) in [5, 5.41) is 0. The summed E-state index contributed by atoms with van der Waals surface area (Å²) in [5.41, 5.74) is 0. The highest BCUT2D eigenvalue weighted by Crippen LogP contribution is 2.09. The molecule has 1 aliphatic rings. The van der Waals surface area contributed by atoms with Crippen LogP contribution in [-0.4, -0.2) is 24.6 Å². The second-order valence-electron chi connectivity index (χ2n) is 2.12. The summed E-state index contributed by atoms with van der Waals surface area (Å²) in [6, 6.07) is 0. The van der Waals surface area contributed by atoms with Gasteiger partial charge in [-0.3, -0.25) is 9.59 Å². The lowest BCUT2D eigenvalue weighted by atomic mass is 10.3. The lowest BCUT2D eigenvalue weighted by Crippen LogP contribution is -2.15. The molecule has 0 aliphatic carbocycles. The summed E-state index contributed by atoms with van der Waals surface area (Å²) >= 11 is 0. The van der Waals surface area contributed by atoms with Crippen molar-refractivity contribution in [3.8, 4) is 0 Å². The minimum Gasteiger partial charge on any atom is -0.462 e. The monoisotopic (exact) mass is 144 g/mol. The third-order valence-corrected chi connectivity index (χ3v) is 1.16. The van der Waals surface area contributed by atoms with E-state index in [0.29, 0.717) is 0 Å². The first-order valence-electron chi connectivity index (χ1n) is 3.01. The molecule has 0 unspecified atom stereocenters. The van der Waals surface area contributed by atoms with Crippen LogP contribution in [0, 0.1) is 0 Å². The van der Waals surface area contributed by atoms with E-state index < -0.39 is 0 Å². The first kappa shape index (κ1) is 7.05. The van der Waals surface area contributed by atoms with Crippen molar-refractivity contribution in [3.05, 3.63) is 0 Å². The molecule has 0 aromatic heterocycles. The zero-order valence-corrected chi connectivity index (χ0v) is 5.62. The minimum atomic E-state index is -0.372. The van der Waals surface area contributed by atoms with E-state index in [2.05, 4.69) is 4.74 Å². The Morgan fingerprint density at radius 2 is 2.50 bits per heavy atom. The maximum absolute atomic E-state index is 10.4. The maximum Gasteiger partial charge on any atom is 0.309 e. The van der Waals surface area contributed by atoms with Crippen molar-refractivity contribution >= 4 is 11.9 Å². The van der Waals surface area contributed by atoms with E-state index in [0.717, 1.165) is 0 Å². The highest BCUT2D eigenvalue weighted by atomic mass is 16.6. The molecule has 4 nitrogen and oxygen atoms in total. The van der Waals surface area contributed by atoms with Gasteiger partial charge in [0.25, 0.3) is 0 Å². The van der Waals surface area contributed by atoms with Crippen LogP contribution < -0.4 is 0 Å². The van der Waals surface area contributed by atoms with Crippen molar-refractivity contribution < 1.29 is 19.1 Å².